The number of hydrogen-bond donors (Lipinski definition) is 2. The Hall–Kier alpha value is -2.96. The van der Waals surface area contributed by atoms with Crippen LogP contribution in [0.5, 0.6) is 11.5 Å². The molecule has 0 aliphatic carbocycles. The second-order valence-electron chi connectivity index (χ2n) is 6.85. The zero-order chi connectivity index (χ0) is 23.5. The molecule has 0 aliphatic heterocycles. The van der Waals surface area contributed by atoms with Crippen LogP contribution in [0.1, 0.15) is 10.4 Å². The summed E-state index contributed by atoms with van der Waals surface area (Å²) in [6.45, 7) is 0. The van der Waals surface area contributed by atoms with E-state index in [9.17, 15) is 9.59 Å². The molecule has 5 nitrogen and oxygen atoms in total. The average Bonchev–Trinajstić information content (AvgIpc) is 2.78. The van der Waals surface area contributed by atoms with E-state index in [4.69, 9.17) is 51.1 Å². The third kappa shape index (κ3) is 5.18. The lowest BCUT2D eigenvalue weighted by Gasteiger charge is -2.14. The molecule has 0 unspecified atom stereocenters. The predicted octanol–water partition coefficient (Wildman–Crippen LogP) is 8.21. The van der Waals surface area contributed by atoms with Gasteiger partial charge in [0, 0.05) is 21.5 Å². The highest BCUT2D eigenvalue weighted by atomic mass is 35.5. The first-order valence-electron chi connectivity index (χ1n) is 9.54. The lowest BCUT2D eigenvalue weighted by Crippen LogP contribution is -2.34. The number of amides is 3. The Balaban J connectivity index is 1.52. The van der Waals surface area contributed by atoms with Crippen LogP contribution in [0.2, 0.25) is 20.1 Å². The summed E-state index contributed by atoms with van der Waals surface area (Å²) in [7, 11) is 0. The monoisotopic (exact) mass is 518 g/mol. The van der Waals surface area contributed by atoms with Gasteiger partial charge in [-0.15, -0.1) is 0 Å². The van der Waals surface area contributed by atoms with Crippen molar-refractivity contribution in [2.45, 2.75) is 0 Å². The number of nitrogens with one attached hydrogen (secondary N) is 2. The van der Waals surface area contributed by atoms with E-state index in [1.807, 2.05) is 24.3 Å². The Morgan fingerprint density at radius 1 is 0.697 bits per heavy atom. The van der Waals surface area contributed by atoms with E-state index in [0.717, 1.165) is 10.8 Å². The van der Waals surface area contributed by atoms with Gasteiger partial charge in [0.05, 0.1) is 20.6 Å². The van der Waals surface area contributed by atoms with Crippen molar-refractivity contribution in [3.8, 4) is 11.5 Å². The highest BCUT2D eigenvalue weighted by Crippen LogP contribution is 2.41. The van der Waals surface area contributed by atoms with Crippen LogP contribution in [0.3, 0.4) is 0 Å². The summed E-state index contributed by atoms with van der Waals surface area (Å²) in [5.74, 6) is 0.0800. The number of halogens is 4. The fourth-order valence-electron chi connectivity index (χ4n) is 3.14. The van der Waals surface area contributed by atoms with Crippen molar-refractivity contribution in [1.82, 2.24) is 5.32 Å². The number of hydrogen-bond acceptors (Lipinski definition) is 3. The van der Waals surface area contributed by atoms with Crippen molar-refractivity contribution < 1.29 is 14.3 Å². The molecule has 0 saturated heterocycles. The third-order valence-corrected chi connectivity index (χ3v) is 5.87. The second-order valence-corrected chi connectivity index (χ2v) is 8.48. The minimum Gasteiger partial charge on any atom is -0.454 e. The largest absolute Gasteiger partial charge is 0.454 e. The molecule has 33 heavy (non-hydrogen) atoms. The molecule has 166 valence electrons. The summed E-state index contributed by atoms with van der Waals surface area (Å²) in [5.41, 5.74) is 0.437. The van der Waals surface area contributed by atoms with Gasteiger partial charge in [0.25, 0.3) is 5.91 Å². The fraction of sp³-hybridized carbons (Fsp3) is 0. The number of anilines is 1. The van der Waals surface area contributed by atoms with Gasteiger partial charge in [0.1, 0.15) is 5.75 Å². The molecule has 0 atom stereocenters. The molecule has 9 heteroatoms. The number of rotatable bonds is 4. The molecule has 0 radical (unpaired) electrons. The van der Waals surface area contributed by atoms with Crippen molar-refractivity contribution in [3.63, 3.8) is 0 Å². The van der Waals surface area contributed by atoms with Crippen molar-refractivity contribution in [3.05, 3.63) is 98.5 Å². The first-order chi connectivity index (χ1) is 15.8. The molecule has 4 rings (SSSR count). The summed E-state index contributed by atoms with van der Waals surface area (Å²) in [6.07, 6.45) is 0. The first kappa shape index (κ1) is 23.2. The van der Waals surface area contributed by atoms with Crippen LogP contribution in [-0.4, -0.2) is 11.9 Å². The van der Waals surface area contributed by atoms with Crippen LogP contribution in [-0.2, 0) is 0 Å². The second kappa shape index (κ2) is 9.89. The maximum atomic E-state index is 12.3. The molecule has 0 aromatic heterocycles. The molecular weight excluding hydrogens is 506 g/mol. The number of carbonyl (C=O) groups excluding carboxylic acids is 2. The molecular formula is C24H14Cl4N2O3. The van der Waals surface area contributed by atoms with E-state index in [-0.39, 0.29) is 32.1 Å². The normalized spacial score (nSPS) is 10.7. The SMILES string of the molecule is O=C(NC(=O)c1ccccc1Cl)Nc1cc(Cl)c(Oc2ccc(Cl)c3ccccc23)c(Cl)c1. The predicted molar refractivity (Wildman–Crippen MR) is 133 cm³/mol. The van der Waals surface area contributed by atoms with E-state index in [2.05, 4.69) is 10.6 Å². The minimum atomic E-state index is -0.774. The number of fused-ring (bicyclic) bond motifs is 1. The molecule has 2 N–H and O–H groups in total. The number of imide groups is 1. The smallest absolute Gasteiger partial charge is 0.326 e. The minimum absolute atomic E-state index is 0.161. The van der Waals surface area contributed by atoms with Crippen LogP contribution in [0.4, 0.5) is 10.5 Å². The highest BCUT2D eigenvalue weighted by Gasteiger charge is 2.17. The standard InChI is InChI=1S/C24H14Cl4N2O3/c25-17-8-4-3-7-16(17)23(31)30-24(32)29-13-11-19(27)22(20(28)12-13)33-21-10-9-18(26)14-5-1-2-6-15(14)21/h1-12H,(H2,29,30,31,32). The van der Waals surface area contributed by atoms with Crippen molar-refractivity contribution in [2.24, 2.45) is 0 Å². The van der Waals surface area contributed by atoms with Gasteiger partial charge in [-0.2, -0.15) is 0 Å². The van der Waals surface area contributed by atoms with E-state index in [0.29, 0.717) is 10.8 Å². The van der Waals surface area contributed by atoms with Gasteiger partial charge in [-0.25, -0.2) is 4.79 Å². The Bertz CT molecular complexity index is 1370. The van der Waals surface area contributed by atoms with E-state index >= 15 is 0 Å². The molecule has 0 heterocycles. The molecule has 4 aromatic carbocycles. The third-order valence-electron chi connectivity index (χ3n) is 4.64. The summed E-state index contributed by atoms with van der Waals surface area (Å²) in [4.78, 5) is 24.5. The van der Waals surface area contributed by atoms with Gasteiger partial charge in [-0.05, 0) is 36.4 Å². The Morgan fingerprint density at radius 2 is 1.33 bits per heavy atom. The first-order valence-corrected chi connectivity index (χ1v) is 11.1. The lowest BCUT2D eigenvalue weighted by atomic mass is 10.1. The Labute approximate surface area is 209 Å². The van der Waals surface area contributed by atoms with Crippen LogP contribution in [0.25, 0.3) is 10.8 Å². The number of benzene rings is 4. The van der Waals surface area contributed by atoms with Crippen molar-refractivity contribution in [1.29, 1.82) is 0 Å². The maximum absolute atomic E-state index is 12.3. The Morgan fingerprint density at radius 3 is 2.03 bits per heavy atom. The molecule has 4 aromatic rings. The molecule has 0 spiro atoms. The molecule has 0 saturated carbocycles. The molecule has 0 aliphatic rings. The van der Waals surface area contributed by atoms with E-state index in [1.165, 1.54) is 18.2 Å². The Kier molecular flexibility index (Phi) is 6.96. The highest BCUT2D eigenvalue weighted by molar-refractivity contribution is 6.38. The van der Waals surface area contributed by atoms with Gasteiger partial charge >= 0.3 is 6.03 Å². The number of ether oxygens (including phenoxy) is 1. The van der Waals surface area contributed by atoms with Crippen molar-refractivity contribution >= 4 is 74.8 Å². The fourth-order valence-corrected chi connectivity index (χ4v) is 4.15. The molecule has 0 bridgehead atoms. The topological polar surface area (TPSA) is 67.4 Å². The van der Waals surface area contributed by atoms with E-state index < -0.39 is 11.9 Å². The average molecular weight is 520 g/mol. The summed E-state index contributed by atoms with van der Waals surface area (Å²) in [6, 6.07) is 19.4. The molecule has 3 amide bonds. The number of urea groups is 1. The zero-order valence-electron chi connectivity index (χ0n) is 16.7. The van der Waals surface area contributed by atoms with Crippen LogP contribution >= 0.6 is 46.4 Å². The van der Waals surface area contributed by atoms with Gasteiger partial charge in [0.15, 0.2) is 5.75 Å². The quantitative estimate of drug-likeness (QED) is 0.285. The summed E-state index contributed by atoms with van der Waals surface area (Å²) in [5, 5.41) is 7.47. The van der Waals surface area contributed by atoms with Gasteiger partial charge in [0.2, 0.25) is 0 Å². The maximum Gasteiger partial charge on any atom is 0.326 e. The number of carbonyl (C=O) groups is 2. The van der Waals surface area contributed by atoms with Gasteiger partial charge in [-0.1, -0.05) is 82.8 Å². The lowest BCUT2D eigenvalue weighted by molar-refractivity contribution is 0.0967. The van der Waals surface area contributed by atoms with Crippen LogP contribution < -0.4 is 15.4 Å². The van der Waals surface area contributed by atoms with Gasteiger partial charge in [-0.3, -0.25) is 10.1 Å². The molecule has 0 fully saturated rings. The summed E-state index contributed by atoms with van der Waals surface area (Å²) >= 11 is 25.0. The van der Waals surface area contributed by atoms with Crippen LogP contribution in [0, 0.1) is 0 Å². The van der Waals surface area contributed by atoms with Gasteiger partial charge < -0.3 is 10.1 Å². The van der Waals surface area contributed by atoms with Crippen molar-refractivity contribution in [2.75, 3.05) is 5.32 Å². The van der Waals surface area contributed by atoms with E-state index in [1.54, 1.807) is 30.3 Å². The van der Waals surface area contributed by atoms with Crippen LogP contribution in [0.15, 0.2) is 72.8 Å². The summed E-state index contributed by atoms with van der Waals surface area (Å²) < 4.78 is 5.98. The zero-order valence-corrected chi connectivity index (χ0v) is 19.7.